The zero-order valence-corrected chi connectivity index (χ0v) is 17.2. The lowest BCUT2D eigenvalue weighted by molar-refractivity contribution is 0.124. The Labute approximate surface area is 169 Å². The van der Waals surface area contributed by atoms with Gasteiger partial charge in [0, 0.05) is 0 Å². The summed E-state index contributed by atoms with van der Waals surface area (Å²) < 4.78 is 46.8. The average Bonchev–Trinajstić information content (AvgIpc) is 2.67. The van der Waals surface area contributed by atoms with Crippen LogP contribution in [0.5, 0.6) is 5.75 Å². The van der Waals surface area contributed by atoms with Crippen LogP contribution in [-0.4, -0.2) is 17.7 Å². The van der Waals surface area contributed by atoms with Gasteiger partial charge in [-0.05, 0) is 56.4 Å². The molecule has 0 radical (unpaired) electrons. The van der Waals surface area contributed by atoms with Crippen molar-refractivity contribution in [3.8, 4) is 5.75 Å². The van der Waals surface area contributed by atoms with Crippen LogP contribution < -0.4 is 4.52 Å². The largest absolute Gasteiger partial charge is 0.442 e. The first-order chi connectivity index (χ1) is 13.4. The maximum absolute atomic E-state index is 12.5. The van der Waals surface area contributed by atoms with Crippen molar-refractivity contribution >= 4 is 34.3 Å². The van der Waals surface area contributed by atoms with Crippen LogP contribution in [0.2, 0.25) is 0 Å². The SMILES string of the molecule is O=P(O)(Oc1ccc(COCCc2cccc3ccccc23)cc1Br)C(F)F. The summed E-state index contributed by atoms with van der Waals surface area (Å²) in [5.41, 5.74) is 1.98. The highest BCUT2D eigenvalue weighted by atomic mass is 79.9. The van der Waals surface area contributed by atoms with E-state index in [0.29, 0.717) is 17.7 Å². The smallest absolute Gasteiger partial charge is 0.420 e. The number of benzene rings is 3. The molecule has 8 heteroatoms. The van der Waals surface area contributed by atoms with Crippen LogP contribution in [0.15, 0.2) is 65.1 Å². The van der Waals surface area contributed by atoms with Gasteiger partial charge in [-0.2, -0.15) is 8.78 Å². The van der Waals surface area contributed by atoms with E-state index in [1.807, 2.05) is 18.2 Å². The third-order valence-electron chi connectivity index (χ3n) is 4.14. The van der Waals surface area contributed by atoms with Gasteiger partial charge in [-0.25, -0.2) is 4.57 Å². The molecular weight excluding hydrogens is 453 g/mol. The van der Waals surface area contributed by atoms with E-state index in [-0.39, 0.29) is 5.75 Å². The molecule has 0 saturated heterocycles. The van der Waals surface area contributed by atoms with Gasteiger partial charge in [-0.15, -0.1) is 0 Å². The van der Waals surface area contributed by atoms with Crippen molar-refractivity contribution in [2.45, 2.75) is 19.2 Å². The summed E-state index contributed by atoms with van der Waals surface area (Å²) >= 11 is 3.16. The predicted octanol–water partition coefficient (Wildman–Crippen LogP) is 6.15. The molecular formula is C20H18BrF2O4P. The lowest BCUT2D eigenvalue weighted by atomic mass is 10.0. The van der Waals surface area contributed by atoms with Gasteiger partial charge in [0.2, 0.25) is 0 Å². The first kappa shape index (κ1) is 20.9. The number of hydrogen-bond acceptors (Lipinski definition) is 3. The van der Waals surface area contributed by atoms with Crippen molar-refractivity contribution in [3.63, 3.8) is 0 Å². The van der Waals surface area contributed by atoms with Gasteiger partial charge in [0.25, 0.3) is 0 Å². The number of halogens is 3. The topological polar surface area (TPSA) is 55.8 Å². The molecule has 0 aliphatic heterocycles. The summed E-state index contributed by atoms with van der Waals surface area (Å²) in [7, 11) is -5.00. The lowest BCUT2D eigenvalue weighted by Crippen LogP contribution is -2.02. The Morgan fingerprint density at radius 3 is 2.57 bits per heavy atom. The average molecular weight is 471 g/mol. The Hall–Kier alpha value is -1.79. The molecule has 0 amide bonds. The Balaban J connectivity index is 1.56. The first-order valence-corrected chi connectivity index (χ1v) is 10.9. The molecule has 0 fully saturated rings. The highest BCUT2D eigenvalue weighted by molar-refractivity contribution is 9.10. The molecule has 1 atom stereocenters. The number of ether oxygens (including phenoxy) is 1. The van der Waals surface area contributed by atoms with Crippen LogP contribution in [0.4, 0.5) is 8.78 Å². The van der Waals surface area contributed by atoms with E-state index in [2.05, 4.69) is 44.7 Å². The van der Waals surface area contributed by atoms with Crippen molar-refractivity contribution in [3.05, 3.63) is 76.3 Å². The Morgan fingerprint density at radius 2 is 1.82 bits per heavy atom. The zero-order chi connectivity index (χ0) is 20.1. The third kappa shape index (κ3) is 5.17. The summed E-state index contributed by atoms with van der Waals surface area (Å²) in [4.78, 5) is 9.13. The summed E-state index contributed by atoms with van der Waals surface area (Å²) in [6, 6.07) is 18.9. The molecule has 1 N–H and O–H groups in total. The Bertz CT molecular complexity index is 1010. The van der Waals surface area contributed by atoms with E-state index in [0.717, 1.165) is 12.0 Å². The number of hydrogen-bond donors (Lipinski definition) is 1. The first-order valence-electron chi connectivity index (χ1n) is 8.50. The predicted molar refractivity (Wildman–Crippen MR) is 108 cm³/mol. The molecule has 3 aromatic rings. The van der Waals surface area contributed by atoms with Crippen molar-refractivity contribution in [1.82, 2.24) is 0 Å². The van der Waals surface area contributed by atoms with Crippen molar-refractivity contribution in [2.24, 2.45) is 0 Å². The van der Waals surface area contributed by atoms with Crippen molar-refractivity contribution in [1.29, 1.82) is 0 Å². The molecule has 3 aromatic carbocycles. The van der Waals surface area contributed by atoms with Gasteiger partial charge in [0.15, 0.2) is 0 Å². The molecule has 0 bridgehead atoms. The summed E-state index contributed by atoms with van der Waals surface area (Å²) in [5, 5.41) is 2.38. The molecule has 0 aliphatic carbocycles. The second-order valence-electron chi connectivity index (χ2n) is 6.14. The molecule has 4 nitrogen and oxygen atoms in total. The quantitative estimate of drug-likeness (QED) is 0.317. The van der Waals surface area contributed by atoms with Crippen LogP contribution >= 0.6 is 23.5 Å². The fraction of sp³-hybridized carbons (Fsp3) is 0.200. The van der Waals surface area contributed by atoms with E-state index in [1.165, 1.54) is 22.4 Å². The zero-order valence-electron chi connectivity index (χ0n) is 14.7. The monoisotopic (exact) mass is 470 g/mol. The maximum atomic E-state index is 12.5. The molecule has 28 heavy (non-hydrogen) atoms. The fourth-order valence-electron chi connectivity index (χ4n) is 2.77. The van der Waals surface area contributed by atoms with Crippen LogP contribution in [-0.2, 0) is 22.3 Å². The lowest BCUT2D eigenvalue weighted by Gasteiger charge is -2.14. The van der Waals surface area contributed by atoms with Gasteiger partial charge in [0.05, 0.1) is 17.7 Å². The van der Waals surface area contributed by atoms with Crippen LogP contribution in [0, 0.1) is 0 Å². The molecule has 0 aromatic heterocycles. The van der Waals surface area contributed by atoms with Crippen LogP contribution in [0.3, 0.4) is 0 Å². The standard InChI is InChI=1S/C20H18BrF2O4P/c21-18-12-14(8-9-19(18)27-28(24,25)20(22)23)13-26-11-10-16-6-3-5-15-4-1-2-7-17(15)16/h1-9,12,20H,10-11,13H2,(H,24,25). The molecule has 0 saturated carbocycles. The molecule has 0 aliphatic rings. The highest BCUT2D eigenvalue weighted by Crippen LogP contribution is 2.50. The fourth-order valence-corrected chi connectivity index (χ4v) is 3.92. The molecule has 0 spiro atoms. The number of alkyl halides is 2. The van der Waals surface area contributed by atoms with E-state index < -0.39 is 13.8 Å². The number of fused-ring (bicyclic) bond motifs is 1. The van der Waals surface area contributed by atoms with Gasteiger partial charge >= 0.3 is 13.8 Å². The minimum absolute atomic E-state index is 0.120. The summed E-state index contributed by atoms with van der Waals surface area (Å²) in [6.45, 7) is 0.830. The Morgan fingerprint density at radius 1 is 1.07 bits per heavy atom. The second-order valence-corrected chi connectivity index (χ2v) is 8.69. The summed E-state index contributed by atoms with van der Waals surface area (Å²) in [5.74, 6) is -0.120. The normalized spacial score (nSPS) is 13.6. The molecule has 148 valence electrons. The third-order valence-corrected chi connectivity index (χ3v) is 5.71. The van der Waals surface area contributed by atoms with Gasteiger partial charge in [-0.3, -0.25) is 0 Å². The van der Waals surface area contributed by atoms with E-state index >= 15 is 0 Å². The van der Waals surface area contributed by atoms with E-state index in [9.17, 15) is 13.3 Å². The number of rotatable bonds is 8. The van der Waals surface area contributed by atoms with Crippen molar-refractivity contribution < 1.29 is 27.5 Å². The molecule has 0 heterocycles. The van der Waals surface area contributed by atoms with Crippen LogP contribution in [0.1, 0.15) is 11.1 Å². The van der Waals surface area contributed by atoms with E-state index in [4.69, 9.17) is 9.63 Å². The highest BCUT2D eigenvalue weighted by Gasteiger charge is 2.34. The second kappa shape index (κ2) is 9.14. The minimum Gasteiger partial charge on any atom is -0.420 e. The maximum Gasteiger partial charge on any atom is 0.442 e. The summed E-state index contributed by atoms with van der Waals surface area (Å²) in [6.07, 6.45) is -2.71. The van der Waals surface area contributed by atoms with E-state index in [1.54, 1.807) is 12.1 Å². The van der Waals surface area contributed by atoms with Gasteiger partial charge < -0.3 is 14.2 Å². The van der Waals surface area contributed by atoms with Crippen LogP contribution in [0.25, 0.3) is 10.8 Å². The van der Waals surface area contributed by atoms with Gasteiger partial charge in [0.1, 0.15) is 5.75 Å². The van der Waals surface area contributed by atoms with Crippen molar-refractivity contribution in [2.75, 3.05) is 6.61 Å². The molecule has 3 rings (SSSR count). The van der Waals surface area contributed by atoms with Gasteiger partial charge in [-0.1, -0.05) is 48.5 Å². The Kier molecular flexibility index (Phi) is 6.83. The molecule has 1 unspecified atom stereocenters. The minimum atomic E-state index is -5.00.